The predicted molar refractivity (Wildman–Crippen MR) is 45.4 cm³/mol. The van der Waals surface area contributed by atoms with Crippen LogP contribution in [0.4, 0.5) is 10.2 Å². The van der Waals surface area contributed by atoms with Crippen molar-refractivity contribution in [3.63, 3.8) is 0 Å². The van der Waals surface area contributed by atoms with Crippen LogP contribution < -0.4 is 5.32 Å². The van der Waals surface area contributed by atoms with Crippen LogP contribution in [0.25, 0.3) is 5.69 Å². The zero-order valence-electron chi connectivity index (χ0n) is 7.00. The first kappa shape index (κ1) is 7.21. The fraction of sp³-hybridized carbons (Fsp3) is 0.250. The van der Waals surface area contributed by atoms with E-state index >= 15 is 0 Å². The number of hydrogen-bond acceptors (Lipinski definition) is 1. The van der Waals surface area contributed by atoms with Gasteiger partial charge in [-0.05, 0) is 12.1 Å². The highest BCUT2D eigenvalue weighted by atomic mass is 19.1. The third kappa shape index (κ3) is 0.879. The summed E-state index contributed by atoms with van der Waals surface area (Å²) in [5, 5.41) is 2.80. The van der Waals surface area contributed by atoms with Gasteiger partial charge in [0.25, 0.3) is 0 Å². The molecule has 0 aliphatic carbocycles. The van der Waals surface area contributed by atoms with E-state index in [4.69, 9.17) is 0 Å². The van der Waals surface area contributed by atoms with Gasteiger partial charge in [0.15, 0.2) is 11.6 Å². The summed E-state index contributed by atoms with van der Waals surface area (Å²) >= 11 is 0. The van der Waals surface area contributed by atoms with Gasteiger partial charge in [-0.2, -0.15) is 0 Å². The smallest absolute Gasteiger partial charge is 0.165 e. The van der Waals surface area contributed by atoms with Gasteiger partial charge in [0, 0.05) is 14.1 Å². The van der Waals surface area contributed by atoms with Gasteiger partial charge < -0.3 is 5.32 Å². The van der Waals surface area contributed by atoms with Crippen molar-refractivity contribution >= 4 is 5.82 Å². The average Bonchev–Trinajstić information content (AvgIpc) is 2.79. The highest BCUT2D eigenvalue weighted by Crippen LogP contribution is 2.21. The maximum atomic E-state index is 13.2. The van der Waals surface area contributed by atoms with Crippen molar-refractivity contribution in [3.8, 4) is 5.69 Å². The van der Waals surface area contributed by atoms with Crippen molar-refractivity contribution in [1.29, 1.82) is 0 Å². The molecular weight excluding hydrogens is 157 g/mol. The van der Waals surface area contributed by atoms with Crippen LogP contribution in [-0.4, -0.2) is 16.4 Å². The van der Waals surface area contributed by atoms with Crippen LogP contribution in [0.1, 0.15) is 0 Å². The number of hydrogen-bond donors (Lipinski definition) is 1. The Bertz CT molecular complexity index is 374. The van der Waals surface area contributed by atoms with E-state index in [0.29, 0.717) is 5.82 Å². The molecule has 2 aliphatic rings. The summed E-state index contributed by atoms with van der Waals surface area (Å²) in [6, 6.07) is 3.21. The number of aromatic nitrogens is 2. The Morgan fingerprint density at radius 3 is 2.83 bits per heavy atom. The summed E-state index contributed by atoms with van der Waals surface area (Å²) < 4.78 is 16.8. The van der Waals surface area contributed by atoms with E-state index < -0.39 is 0 Å². The minimum absolute atomic E-state index is 0.242. The van der Waals surface area contributed by atoms with Gasteiger partial charge in [-0.3, -0.25) is 9.36 Å². The van der Waals surface area contributed by atoms with Gasteiger partial charge in [0.1, 0.15) is 0 Å². The third-order valence-electron chi connectivity index (χ3n) is 1.96. The van der Waals surface area contributed by atoms with Crippen molar-refractivity contribution in [1.82, 2.24) is 9.36 Å². The lowest BCUT2D eigenvalue weighted by Gasteiger charge is -2.05. The molecule has 1 N–H and O–H groups in total. The minimum Gasteiger partial charge on any atom is -0.371 e. The van der Waals surface area contributed by atoms with E-state index in [0.717, 1.165) is 5.69 Å². The van der Waals surface area contributed by atoms with Crippen molar-refractivity contribution in [2.24, 2.45) is 7.05 Å². The minimum atomic E-state index is -0.242. The summed E-state index contributed by atoms with van der Waals surface area (Å²) in [5.41, 5.74) is 1.03. The topological polar surface area (TPSA) is 21.9 Å². The summed E-state index contributed by atoms with van der Waals surface area (Å²) in [6.45, 7) is 0. The van der Waals surface area contributed by atoms with Crippen LogP contribution in [-0.2, 0) is 7.05 Å². The molecule has 2 heterocycles. The number of nitrogens with zero attached hydrogens (tertiary/aromatic N) is 2. The first-order valence-electron chi connectivity index (χ1n) is 3.74. The molecule has 12 heavy (non-hydrogen) atoms. The van der Waals surface area contributed by atoms with Crippen LogP contribution in [0.3, 0.4) is 0 Å². The number of rotatable bonds is 1. The van der Waals surface area contributed by atoms with Crippen molar-refractivity contribution in [3.05, 3.63) is 24.1 Å². The van der Waals surface area contributed by atoms with Gasteiger partial charge in [0.2, 0.25) is 0 Å². The van der Waals surface area contributed by atoms with E-state index in [-0.39, 0.29) is 5.82 Å². The van der Waals surface area contributed by atoms with Crippen molar-refractivity contribution in [2.45, 2.75) is 0 Å². The normalized spacial score (nSPS) is 10.9. The van der Waals surface area contributed by atoms with Gasteiger partial charge in [-0.1, -0.05) is 0 Å². The van der Waals surface area contributed by atoms with Crippen molar-refractivity contribution in [2.75, 3.05) is 12.4 Å². The van der Waals surface area contributed by atoms with Gasteiger partial charge in [0.05, 0.1) is 11.9 Å². The molecule has 0 atom stereocenters. The fourth-order valence-corrected chi connectivity index (χ4v) is 1.26. The lowest BCUT2D eigenvalue weighted by atomic mass is 10.5. The Labute approximate surface area is 69.7 Å². The number of nitrogens with one attached hydrogen (secondary N) is 1. The maximum Gasteiger partial charge on any atom is 0.165 e. The highest BCUT2D eigenvalue weighted by molar-refractivity contribution is 5.44. The SMILES string of the molecule is CNc1c(F)ccc2cn-2n1C. The number of halogens is 1. The van der Waals surface area contributed by atoms with Gasteiger partial charge in [-0.25, -0.2) is 4.39 Å². The molecule has 2 rings (SSSR count). The standard InChI is InChI=1S/C8H10FN3/c1-10-8-7(9)4-3-6-5-12(6)11(8)2/h3-5,10H,1-2H3. The van der Waals surface area contributed by atoms with Crippen LogP contribution in [0.2, 0.25) is 0 Å². The highest BCUT2D eigenvalue weighted by Gasteiger charge is 2.12. The molecule has 2 aliphatic heterocycles. The number of anilines is 1. The molecule has 0 unspecified atom stereocenters. The predicted octanol–water partition coefficient (Wildman–Crippen LogP) is 1.43. The first-order valence-corrected chi connectivity index (χ1v) is 3.74. The van der Waals surface area contributed by atoms with E-state index in [1.807, 2.05) is 17.9 Å². The molecule has 0 bridgehead atoms. The second-order valence-electron chi connectivity index (χ2n) is 2.70. The molecular formula is C8H10FN3. The van der Waals surface area contributed by atoms with Crippen LogP contribution >= 0.6 is 0 Å². The molecule has 0 spiro atoms. The zero-order chi connectivity index (χ0) is 8.72. The van der Waals surface area contributed by atoms with Crippen LogP contribution in [0, 0.1) is 5.82 Å². The van der Waals surface area contributed by atoms with E-state index in [1.165, 1.54) is 6.07 Å². The Hall–Kier alpha value is -1.45. The molecule has 4 heteroatoms. The monoisotopic (exact) mass is 167 g/mol. The van der Waals surface area contributed by atoms with Crippen molar-refractivity contribution < 1.29 is 4.39 Å². The molecule has 0 fully saturated rings. The first-order chi connectivity index (χ1) is 5.74. The third-order valence-corrected chi connectivity index (χ3v) is 1.96. The van der Waals surface area contributed by atoms with Gasteiger partial charge in [-0.15, -0.1) is 0 Å². The van der Waals surface area contributed by atoms with Gasteiger partial charge >= 0.3 is 0 Å². The second-order valence-corrected chi connectivity index (χ2v) is 2.70. The molecule has 0 saturated carbocycles. The van der Waals surface area contributed by atoms with E-state index in [2.05, 4.69) is 5.32 Å². The Kier molecular flexibility index (Phi) is 1.36. The fourth-order valence-electron chi connectivity index (χ4n) is 1.26. The van der Waals surface area contributed by atoms with E-state index in [9.17, 15) is 4.39 Å². The maximum absolute atomic E-state index is 13.2. The summed E-state index contributed by atoms with van der Waals surface area (Å²) in [6.07, 6.45) is 1.93. The van der Waals surface area contributed by atoms with Crippen LogP contribution in [0.15, 0.2) is 18.3 Å². The van der Waals surface area contributed by atoms with E-state index in [1.54, 1.807) is 17.8 Å². The average molecular weight is 167 g/mol. The Balaban J connectivity index is 2.68. The molecule has 0 aromatic heterocycles. The summed E-state index contributed by atoms with van der Waals surface area (Å²) in [5.74, 6) is 0.239. The quantitative estimate of drug-likeness (QED) is 0.682. The molecule has 0 radical (unpaired) electrons. The molecule has 0 aromatic carbocycles. The Morgan fingerprint density at radius 1 is 1.42 bits per heavy atom. The molecule has 3 nitrogen and oxygen atoms in total. The lowest BCUT2D eigenvalue weighted by molar-refractivity contribution is 0.603. The Morgan fingerprint density at radius 2 is 2.17 bits per heavy atom. The molecule has 64 valence electrons. The number of fused-ring (bicyclic) bond motifs is 1. The largest absolute Gasteiger partial charge is 0.371 e. The zero-order valence-corrected chi connectivity index (χ0v) is 7.00. The van der Waals surface area contributed by atoms with Crippen LogP contribution in [0.5, 0.6) is 0 Å². The molecule has 0 saturated heterocycles. The summed E-state index contributed by atoms with van der Waals surface area (Å²) in [7, 11) is 3.51. The summed E-state index contributed by atoms with van der Waals surface area (Å²) in [4.78, 5) is 0. The second kappa shape index (κ2) is 2.27. The molecule has 0 aromatic rings. The lowest BCUT2D eigenvalue weighted by Crippen LogP contribution is -2.06. The molecule has 0 amide bonds.